The van der Waals surface area contributed by atoms with E-state index in [-0.39, 0.29) is 5.54 Å². The quantitative estimate of drug-likeness (QED) is 0.838. The van der Waals surface area contributed by atoms with E-state index in [0.29, 0.717) is 18.3 Å². The van der Waals surface area contributed by atoms with Crippen molar-refractivity contribution >= 4 is 0 Å². The third-order valence-electron chi connectivity index (χ3n) is 4.71. The molecular formula is C18H35NO2. The van der Waals surface area contributed by atoms with Crippen LogP contribution in [0.5, 0.6) is 0 Å². The molecule has 2 fully saturated rings. The van der Waals surface area contributed by atoms with Gasteiger partial charge in [-0.05, 0) is 64.7 Å². The molecule has 3 nitrogen and oxygen atoms in total. The Morgan fingerprint density at radius 1 is 1.00 bits per heavy atom. The topological polar surface area (TPSA) is 30.5 Å². The van der Waals surface area contributed by atoms with Crippen molar-refractivity contribution in [3.8, 4) is 0 Å². The van der Waals surface area contributed by atoms with Crippen LogP contribution in [0.1, 0.15) is 66.7 Å². The molecule has 21 heavy (non-hydrogen) atoms. The third kappa shape index (κ3) is 6.25. The van der Waals surface area contributed by atoms with Gasteiger partial charge in [0.1, 0.15) is 0 Å². The smallest absolute Gasteiger partial charge is 0.0814 e. The Bertz CT molecular complexity index is 303. The molecule has 0 spiro atoms. The van der Waals surface area contributed by atoms with Crippen LogP contribution in [0.3, 0.4) is 0 Å². The Kier molecular flexibility index (Phi) is 6.10. The van der Waals surface area contributed by atoms with E-state index in [1.807, 2.05) is 0 Å². The summed E-state index contributed by atoms with van der Waals surface area (Å²) in [4.78, 5) is 0. The predicted octanol–water partition coefficient (Wildman–Crippen LogP) is 3.76. The Morgan fingerprint density at radius 2 is 1.62 bits per heavy atom. The van der Waals surface area contributed by atoms with Gasteiger partial charge in [-0.2, -0.15) is 0 Å². The molecule has 2 aliphatic rings. The van der Waals surface area contributed by atoms with Crippen molar-refractivity contribution < 1.29 is 9.47 Å². The molecule has 1 aliphatic heterocycles. The molecule has 4 atom stereocenters. The van der Waals surface area contributed by atoms with Gasteiger partial charge >= 0.3 is 0 Å². The number of hydrogen-bond donors (Lipinski definition) is 1. The molecule has 1 heterocycles. The highest BCUT2D eigenvalue weighted by molar-refractivity contribution is 4.80. The molecule has 3 heteroatoms. The maximum atomic E-state index is 6.16. The molecule has 124 valence electrons. The van der Waals surface area contributed by atoms with Crippen LogP contribution in [-0.4, -0.2) is 37.0 Å². The van der Waals surface area contributed by atoms with Crippen LogP contribution in [0.2, 0.25) is 0 Å². The maximum absolute atomic E-state index is 6.16. The number of rotatable bonds is 5. The monoisotopic (exact) mass is 297 g/mol. The van der Waals surface area contributed by atoms with Crippen LogP contribution in [-0.2, 0) is 9.47 Å². The van der Waals surface area contributed by atoms with Gasteiger partial charge in [-0.15, -0.1) is 0 Å². The molecule has 2 rings (SSSR count). The lowest BCUT2D eigenvalue weighted by Gasteiger charge is -2.32. The first kappa shape index (κ1) is 17.2. The fourth-order valence-electron chi connectivity index (χ4n) is 3.73. The molecule has 1 N–H and O–H groups in total. The molecule has 1 saturated carbocycles. The average molecular weight is 297 g/mol. The summed E-state index contributed by atoms with van der Waals surface area (Å²) in [7, 11) is 0. The van der Waals surface area contributed by atoms with Crippen molar-refractivity contribution in [2.75, 3.05) is 13.2 Å². The van der Waals surface area contributed by atoms with Gasteiger partial charge in [0.15, 0.2) is 0 Å². The molecule has 0 radical (unpaired) electrons. The Morgan fingerprint density at radius 3 is 2.24 bits per heavy atom. The normalized spacial score (nSPS) is 37.9. The van der Waals surface area contributed by atoms with Crippen molar-refractivity contribution in [2.24, 2.45) is 11.8 Å². The molecule has 4 unspecified atom stereocenters. The van der Waals surface area contributed by atoms with Crippen LogP contribution in [0.4, 0.5) is 0 Å². The lowest BCUT2D eigenvalue weighted by atomic mass is 9.82. The van der Waals surface area contributed by atoms with Gasteiger partial charge in [-0.3, -0.25) is 0 Å². The fraction of sp³-hybridized carbons (Fsp3) is 1.00. The van der Waals surface area contributed by atoms with E-state index >= 15 is 0 Å². The highest BCUT2D eigenvalue weighted by Gasteiger charge is 2.29. The van der Waals surface area contributed by atoms with Crippen molar-refractivity contribution in [3.05, 3.63) is 0 Å². The number of ether oxygens (including phenoxy) is 2. The SMILES string of the molecule is CC1CC(C)CC(OCC2CCC(CNC(C)(C)C)O2)C1. The largest absolute Gasteiger partial charge is 0.376 e. The number of hydrogen-bond acceptors (Lipinski definition) is 3. The van der Waals surface area contributed by atoms with E-state index in [4.69, 9.17) is 9.47 Å². The zero-order chi connectivity index (χ0) is 15.5. The van der Waals surface area contributed by atoms with Crippen LogP contribution >= 0.6 is 0 Å². The van der Waals surface area contributed by atoms with Crippen LogP contribution in [0.25, 0.3) is 0 Å². The van der Waals surface area contributed by atoms with Crippen molar-refractivity contribution in [2.45, 2.75) is 90.6 Å². The Balaban J connectivity index is 1.64. The van der Waals surface area contributed by atoms with Crippen molar-refractivity contribution in [3.63, 3.8) is 0 Å². The lowest BCUT2D eigenvalue weighted by Crippen LogP contribution is -2.41. The molecule has 0 bridgehead atoms. The second-order valence-corrected chi connectivity index (χ2v) is 8.46. The van der Waals surface area contributed by atoms with Gasteiger partial charge in [0.05, 0.1) is 24.9 Å². The first-order chi connectivity index (χ1) is 9.82. The molecule has 1 saturated heterocycles. The van der Waals surface area contributed by atoms with E-state index in [1.165, 1.54) is 19.3 Å². The summed E-state index contributed by atoms with van der Waals surface area (Å²) in [5.41, 5.74) is 0.173. The highest BCUT2D eigenvalue weighted by atomic mass is 16.5. The van der Waals surface area contributed by atoms with E-state index in [1.54, 1.807) is 0 Å². The second kappa shape index (κ2) is 7.43. The molecule has 0 aromatic carbocycles. The summed E-state index contributed by atoms with van der Waals surface area (Å²) < 4.78 is 12.3. The van der Waals surface area contributed by atoms with E-state index in [9.17, 15) is 0 Å². The summed E-state index contributed by atoms with van der Waals surface area (Å²) >= 11 is 0. The van der Waals surface area contributed by atoms with Crippen LogP contribution in [0, 0.1) is 11.8 Å². The lowest BCUT2D eigenvalue weighted by molar-refractivity contribution is -0.0614. The second-order valence-electron chi connectivity index (χ2n) is 8.46. The molecule has 0 aromatic rings. The zero-order valence-corrected chi connectivity index (χ0v) is 14.7. The minimum Gasteiger partial charge on any atom is -0.376 e. The summed E-state index contributed by atoms with van der Waals surface area (Å²) in [6.45, 7) is 13.1. The highest BCUT2D eigenvalue weighted by Crippen LogP contribution is 2.31. The van der Waals surface area contributed by atoms with Crippen molar-refractivity contribution in [1.29, 1.82) is 0 Å². The van der Waals surface area contributed by atoms with Gasteiger partial charge in [0.2, 0.25) is 0 Å². The van der Waals surface area contributed by atoms with Gasteiger partial charge in [-0.1, -0.05) is 13.8 Å². The van der Waals surface area contributed by atoms with Crippen molar-refractivity contribution in [1.82, 2.24) is 5.32 Å². The van der Waals surface area contributed by atoms with E-state index < -0.39 is 0 Å². The minimum atomic E-state index is 0.173. The minimum absolute atomic E-state index is 0.173. The van der Waals surface area contributed by atoms with Crippen LogP contribution < -0.4 is 5.32 Å². The molecular weight excluding hydrogens is 262 g/mol. The summed E-state index contributed by atoms with van der Waals surface area (Å²) in [5.74, 6) is 1.62. The Hall–Kier alpha value is -0.120. The van der Waals surface area contributed by atoms with Gasteiger partial charge in [-0.25, -0.2) is 0 Å². The summed E-state index contributed by atoms with van der Waals surface area (Å²) in [6.07, 6.45) is 7.26. The third-order valence-corrected chi connectivity index (χ3v) is 4.71. The van der Waals surface area contributed by atoms with E-state index in [2.05, 4.69) is 39.9 Å². The maximum Gasteiger partial charge on any atom is 0.0814 e. The van der Waals surface area contributed by atoms with Crippen LogP contribution in [0.15, 0.2) is 0 Å². The first-order valence-corrected chi connectivity index (χ1v) is 8.84. The first-order valence-electron chi connectivity index (χ1n) is 8.84. The Labute approximate surface area is 131 Å². The summed E-state index contributed by atoms with van der Waals surface area (Å²) in [6, 6.07) is 0. The zero-order valence-electron chi connectivity index (χ0n) is 14.7. The molecule has 0 amide bonds. The molecule has 1 aliphatic carbocycles. The van der Waals surface area contributed by atoms with Gasteiger partial charge < -0.3 is 14.8 Å². The standard InChI is InChI=1S/C18H35NO2/c1-13-8-14(2)10-17(9-13)20-12-16-7-6-15(21-16)11-19-18(3,4)5/h13-17,19H,6-12H2,1-5H3. The predicted molar refractivity (Wildman–Crippen MR) is 87.6 cm³/mol. The van der Waals surface area contributed by atoms with Gasteiger partial charge in [0, 0.05) is 12.1 Å². The summed E-state index contributed by atoms with van der Waals surface area (Å²) in [5, 5.41) is 3.54. The fourth-order valence-corrected chi connectivity index (χ4v) is 3.73. The average Bonchev–Trinajstić information content (AvgIpc) is 2.80. The number of nitrogens with one attached hydrogen (secondary N) is 1. The van der Waals surface area contributed by atoms with E-state index in [0.717, 1.165) is 37.8 Å². The van der Waals surface area contributed by atoms with Gasteiger partial charge in [0.25, 0.3) is 0 Å². The molecule has 0 aromatic heterocycles.